The number of hydrogen-bond donors (Lipinski definition) is 3. The zero-order valence-corrected chi connectivity index (χ0v) is 16.3. The number of fused-ring (bicyclic) bond motifs is 1. The summed E-state index contributed by atoms with van der Waals surface area (Å²) in [6.07, 6.45) is 7.06. The molecule has 4 rings (SSSR count). The average molecular weight is 398 g/mol. The molecule has 3 aromatic rings. The van der Waals surface area contributed by atoms with Gasteiger partial charge in [-0.25, -0.2) is 14.9 Å². The molecule has 0 aliphatic heterocycles. The van der Waals surface area contributed by atoms with E-state index in [4.69, 9.17) is 4.84 Å². The first-order chi connectivity index (χ1) is 13.9. The lowest BCUT2D eigenvalue weighted by Crippen LogP contribution is -2.38. The van der Waals surface area contributed by atoms with Crippen molar-refractivity contribution in [2.45, 2.75) is 38.2 Å². The highest BCUT2D eigenvalue weighted by Crippen LogP contribution is 2.41. The fourth-order valence-electron chi connectivity index (χ4n) is 3.02. The van der Waals surface area contributed by atoms with Gasteiger partial charge < -0.3 is 14.8 Å². The van der Waals surface area contributed by atoms with E-state index in [9.17, 15) is 14.3 Å². The normalized spacial score (nSPS) is 14.2. The van der Waals surface area contributed by atoms with Crippen LogP contribution in [0.5, 0.6) is 0 Å². The minimum atomic E-state index is -0.936. The molecule has 1 aliphatic carbocycles. The van der Waals surface area contributed by atoms with Gasteiger partial charge in [-0.2, -0.15) is 0 Å². The SMILES string of the molecule is CC(C)(CO)ONC(=O)c1ccn2cncc2c1Nc1ccc(C2CC2)cc1F. The number of anilines is 2. The number of rotatable bonds is 7. The molecule has 0 unspecified atom stereocenters. The van der Waals surface area contributed by atoms with E-state index in [0.717, 1.165) is 18.4 Å². The molecule has 3 N–H and O–H groups in total. The van der Waals surface area contributed by atoms with Gasteiger partial charge in [0.15, 0.2) is 0 Å². The third-order valence-corrected chi connectivity index (χ3v) is 4.94. The number of imidazole rings is 1. The molecular weight excluding hydrogens is 375 g/mol. The van der Waals surface area contributed by atoms with Gasteiger partial charge in [-0.15, -0.1) is 0 Å². The number of hydroxylamine groups is 1. The first-order valence-corrected chi connectivity index (χ1v) is 9.48. The molecule has 1 aromatic carbocycles. The van der Waals surface area contributed by atoms with Crippen molar-refractivity contribution in [1.29, 1.82) is 0 Å². The molecular formula is C21H23FN4O3. The Morgan fingerprint density at radius 2 is 2.17 bits per heavy atom. The predicted octanol–water partition coefficient (Wildman–Crippen LogP) is 3.53. The van der Waals surface area contributed by atoms with Crippen molar-refractivity contribution in [2.75, 3.05) is 11.9 Å². The summed E-state index contributed by atoms with van der Waals surface area (Å²) in [6.45, 7) is 3.02. The second kappa shape index (κ2) is 7.46. The molecule has 1 amide bonds. The number of pyridine rings is 1. The Morgan fingerprint density at radius 3 is 2.86 bits per heavy atom. The molecule has 0 atom stereocenters. The molecule has 152 valence electrons. The predicted molar refractivity (Wildman–Crippen MR) is 107 cm³/mol. The van der Waals surface area contributed by atoms with Crippen molar-refractivity contribution in [3.63, 3.8) is 0 Å². The van der Waals surface area contributed by atoms with Gasteiger partial charge in [-0.05, 0) is 56.4 Å². The van der Waals surface area contributed by atoms with E-state index >= 15 is 0 Å². The molecule has 0 radical (unpaired) electrons. The van der Waals surface area contributed by atoms with E-state index in [1.54, 1.807) is 55.2 Å². The Bertz CT molecular complexity index is 1060. The Labute approximate surface area is 167 Å². The highest BCUT2D eigenvalue weighted by atomic mass is 19.1. The molecule has 7 nitrogen and oxygen atoms in total. The highest BCUT2D eigenvalue weighted by Gasteiger charge is 2.25. The van der Waals surface area contributed by atoms with E-state index in [1.807, 2.05) is 6.07 Å². The quantitative estimate of drug-likeness (QED) is 0.530. The Hall–Kier alpha value is -2.97. The number of aromatic nitrogens is 2. The first-order valence-electron chi connectivity index (χ1n) is 9.48. The molecule has 1 aliphatic rings. The lowest BCUT2D eigenvalue weighted by Gasteiger charge is -2.22. The van der Waals surface area contributed by atoms with Gasteiger partial charge in [0.1, 0.15) is 11.4 Å². The minimum Gasteiger partial charge on any atom is -0.393 e. The number of aliphatic hydroxyl groups is 1. The maximum atomic E-state index is 14.7. The number of nitrogens with one attached hydrogen (secondary N) is 2. The standard InChI is InChI=1S/C21H23FN4O3/c1-21(2,11-27)29-25-20(28)15-7-8-26-12-23-10-18(26)19(15)24-17-6-5-14(9-16(17)22)13-3-4-13/h5-10,12-13,24,27H,3-4,11H2,1-2H3,(H,25,28). The van der Waals surface area contributed by atoms with Crippen molar-refractivity contribution in [1.82, 2.24) is 14.9 Å². The summed E-state index contributed by atoms with van der Waals surface area (Å²) >= 11 is 0. The van der Waals surface area contributed by atoms with Gasteiger partial charge in [0.2, 0.25) is 0 Å². The van der Waals surface area contributed by atoms with Crippen LogP contribution in [0.3, 0.4) is 0 Å². The van der Waals surface area contributed by atoms with E-state index in [2.05, 4.69) is 15.8 Å². The summed E-state index contributed by atoms with van der Waals surface area (Å²) in [5, 5.41) is 12.3. The number of carbonyl (C=O) groups excluding carboxylic acids is 1. The van der Waals surface area contributed by atoms with Gasteiger partial charge in [0, 0.05) is 6.20 Å². The summed E-state index contributed by atoms with van der Waals surface area (Å²) in [5.41, 5.74) is 3.97. The molecule has 0 bridgehead atoms. The van der Waals surface area contributed by atoms with Crippen LogP contribution in [0, 0.1) is 5.82 Å². The smallest absolute Gasteiger partial charge is 0.277 e. The number of nitrogens with zero attached hydrogens (tertiary/aromatic N) is 2. The monoisotopic (exact) mass is 398 g/mol. The molecule has 1 fully saturated rings. The summed E-state index contributed by atoms with van der Waals surface area (Å²) in [4.78, 5) is 22.1. The lowest BCUT2D eigenvalue weighted by molar-refractivity contribution is -0.0956. The number of carbonyl (C=O) groups is 1. The van der Waals surface area contributed by atoms with Crippen LogP contribution in [0.1, 0.15) is 48.5 Å². The third kappa shape index (κ3) is 4.08. The van der Waals surface area contributed by atoms with Crippen LogP contribution in [-0.4, -0.2) is 32.6 Å². The Balaban J connectivity index is 1.66. The van der Waals surface area contributed by atoms with Crippen molar-refractivity contribution in [3.8, 4) is 0 Å². The highest BCUT2D eigenvalue weighted by molar-refractivity contribution is 6.03. The molecule has 0 spiro atoms. The van der Waals surface area contributed by atoms with Crippen molar-refractivity contribution < 1.29 is 19.1 Å². The fourth-order valence-corrected chi connectivity index (χ4v) is 3.02. The summed E-state index contributed by atoms with van der Waals surface area (Å²) in [5.74, 6) is -0.446. The van der Waals surface area contributed by atoms with Gasteiger partial charge in [0.25, 0.3) is 5.91 Å². The molecule has 29 heavy (non-hydrogen) atoms. The third-order valence-electron chi connectivity index (χ3n) is 4.94. The van der Waals surface area contributed by atoms with Gasteiger partial charge in [-0.3, -0.25) is 9.63 Å². The van der Waals surface area contributed by atoms with Gasteiger partial charge >= 0.3 is 0 Å². The molecule has 2 heterocycles. The number of halogens is 1. The summed E-state index contributed by atoms with van der Waals surface area (Å²) in [6, 6.07) is 6.74. The minimum absolute atomic E-state index is 0.261. The zero-order chi connectivity index (χ0) is 20.6. The molecule has 8 heteroatoms. The fraction of sp³-hybridized carbons (Fsp3) is 0.333. The first kappa shape index (κ1) is 19.4. The number of benzene rings is 1. The van der Waals surface area contributed by atoms with E-state index in [-0.39, 0.29) is 23.7 Å². The zero-order valence-electron chi connectivity index (χ0n) is 16.3. The van der Waals surface area contributed by atoms with E-state index in [1.165, 1.54) is 0 Å². The topological polar surface area (TPSA) is 87.9 Å². The van der Waals surface area contributed by atoms with Crippen LogP contribution >= 0.6 is 0 Å². The van der Waals surface area contributed by atoms with Crippen LogP contribution in [0.15, 0.2) is 43.0 Å². The average Bonchev–Trinajstić information content (AvgIpc) is 3.44. The number of aliphatic hydroxyl groups excluding tert-OH is 1. The molecule has 1 saturated carbocycles. The van der Waals surface area contributed by atoms with Crippen LogP contribution < -0.4 is 10.8 Å². The maximum Gasteiger partial charge on any atom is 0.277 e. The second-order valence-corrected chi connectivity index (χ2v) is 7.88. The lowest BCUT2D eigenvalue weighted by atomic mass is 10.1. The van der Waals surface area contributed by atoms with Crippen LogP contribution in [0.2, 0.25) is 0 Å². The van der Waals surface area contributed by atoms with Crippen LogP contribution in [0.25, 0.3) is 5.52 Å². The number of amides is 1. The molecule has 2 aromatic heterocycles. The van der Waals surface area contributed by atoms with Crippen LogP contribution in [-0.2, 0) is 4.84 Å². The van der Waals surface area contributed by atoms with Crippen LogP contribution in [0.4, 0.5) is 15.8 Å². The largest absolute Gasteiger partial charge is 0.393 e. The van der Waals surface area contributed by atoms with Crippen molar-refractivity contribution in [2.24, 2.45) is 0 Å². The van der Waals surface area contributed by atoms with Crippen molar-refractivity contribution >= 4 is 22.8 Å². The van der Waals surface area contributed by atoms with E-state index < -0.39 is 11.5 Å². The Kier molecular flexibility index (Phi) is 4.97. The molecule has 0 saturated heterocycles. The summed E-state index contributed by atoms with van der Waals surface area (Å²) in [7, 11) is 0. The number of hydrogen-bond acceptors (Lipinski definition) is 5. The summed E-state index contributed by atoms with van der Waals surface area (Å²) < 4.78 is 16.4. The van der Waals surface area contributed by atoms with Gasteiger partial charge in [0.05, 0.1) is 41.6 Å². The van der Waals surface area contributed by atoms with E-state index in [0.29, 0.717) is 17.1 Å². The van der Waals surface area contributed by atoms with Gasteiger partial charge in [-0.1, -0.05) is 6.07 Å². The van der Waals surface area contributed by atoms with Crippen molar-refractivity contribution in [3.05, 3.63) is 59.9 Å². The Morgan fingerprint density at radius 1 is 1.38 bits per heavy atom. The maximum absolute atomic E-state index is 14.7. The second-order valence-electron chi connectivity index (χ2n) is 7.88.